The Kier molecular flexibility index (Phi) is 32.0. The van der Waals surface area contributed by atoms with Gasteiger partial charge in [-0.15, -0.1) is 0 Å². The lowest BCUT2D eigenvalue weighted by molar-refractivity contribution is -0.660. The average Bonchev–Trinajstić information content (AvgIpc) is 3.46. The van der Waals surface area contributed by atoms with E-state index in [0.717, 1.165) is 0 Å². The molecule has 0 saturated carbocycles. The largest absolute Gasteiger partial charge is 0.212 e. The molecule has 9 rings (SSSR count). The Morgan fingerprint density at radius 1 is 0.222 bits per heavy atom. The molecule has 0 atom stereocenters. The minimum atomic E-state index is 1.23. The summed E-state index contributed by atoms with van der Waals surface area (Å²) in [6, 6.07) is 70.6. The average molecular weight is 961 g/mol. The molecule has 0 saturated heterocycles. The summed E-state index contributed by atoms with van der Waals surface area (Å²) in [6.45, 7) is 30.5. The molecule has 6 aromatic carbocycles. The van der Waals surface area contributed by atoms with E-state index in [1.807, 2.05) is 89.2 Å². The number of rotatable bonds is 6. The van der Waals surface area contributed by atoms with Gasteiger partial charge in [0.2, 0.25) is 17.1 Å². The van der Waals surface area contributed by atoms with Crippen LogP contribution in [-0.4, -0.2) is 0 Å². The molecular formula is C69H90N3+3. The maximum Gasteiger partial charge on any atom is 0.212 e. The van der Waals surface area contributed by atoms with Crippen molar-refractivity contribution in [2.75, 3.05) is 0 Å². The van der Waals surface area contributed by atoms with Gasteiger partial charge < -0.3 is 0 Å². The number of aryl methyl sites for hydroxylation is 6. The fraction of sp³-hybridized carbons (Fsp3) is 0.261. The van der Waals surface area contributed by atoms with Crippen LogP contribution in [-0.2, 0) is 21.1 Å². The van der Waals surface area contributed by atoms with E-state index in [4.69, 9.17) is 0 Å². The van der Waals surface area contributed by atoms with Crippen LogP contribution >= 0.6 is 0 Å². The third-order valence-corrected chi connectivity index (χ3v) is 11.0. The lowest BCUT2D eigenvalue weighted by atomic mass is 9.96. The van der Waals surface area contributed by atoms with Crippen molar-refractivity contribution in [2.45, 2.75) is 104 Å². The molecule has 3 heterocycles. The molecule has 378 valence electrons. The number of pyridine rings is 3. The molecule has 3 heteroatoms. The van der Waals surface area contributed by atoms with Crippen LogP contribution in [0, 0.1) is 20.8 Å². The summed E-state index contributed by atoms with van der Waals surface area (Å²) in [5, 5.41) is 0. The number of benzene rings is 6. The van der Waals surface area contributed by atoms with Gasteiger partial charge in [-0.3, -0.25) is 0 Å². The summed E-state index contributed by atoms with van der Waals surface area (Å²) < 4.78 is 6.48. The third kappa shape index (κ3) is 18.8. The quantitative estimate of drug-likeness (QED) is 0.147. The fourth-order valence-corrected chi connectivity index (χ4v) is 7.54. The highest BCUT2D eigenvalue weighted by Gasteiger charge is 2.14. The number of hydrogen-bond acceptors (Lipinski definition) is 0. The number of aromatic nitrogens is 3. The van der Waals surface area contributed by atoms with Crippen molar-refractivity contribution in [3.8, 4) is 67.2 Å². The second-order valence-corrected chi connectivity index (χ2v) is 15.3. The summed E-state index contributed by atoms with van der Waals surface area (Å²) in [5.41, 5.74) is 19.0. The molecule has 0 N–H and O–H groups in total. The molecule has 0 radical (unpaired) electrons. The standard InChI is InChI=1S/C25H22N.C19H18N.C13H14N.6C2H6/c1-19-11-12-23(18-24(19)25-10-6-7-17-26(25)2)22-15-13-21(14-16-22)20-8-4-3-5-9-20;1-15-11-12-17(16-8-4-3-5-9-16)14-18(15)19-10-6-7-13-20(19)2;1-11-7-3-4-8-12(11)13-9-5-6-10-14(13)2;6*1-2/h3-18H,1-2H3;3-14H,1-2H3;3-10H,1-2H3;6*1-2H3/q3*+1;;;;;;. The Bertz CT molecular complexity index is 2760. The summed E-state index contributed by atoms with van der Waals surface area (Å²) in [5.74, 6) is 0. The lowest BCUT2D eigenvalue weighted by Crippen LogP contribution is -2.30. The van der Waals surface area contributed by atoms with E-state index in [1.54, 1.807) is 0 Å². The number of hydrogen-bond donors (Lipinski definition) is 0. The maximum absolute atomic E-state index is 2.29. The summed E-state index contributed by atoms with van der Waals surface area (Å²) in [4.78, 5) is 0. The summed E-state index contributed by atoms with van der Waals surface area (Å²) in [7, 11) is 6.25. The van der Waals surface area contributed by atoms with Crippen LogP contribution in [0.5, 0.6) is 0 Å². The molecule has 0 aliphatic rings. The molecule has 9 aromatic rings. The van der Waals surface area contributed by atoms with Gasteiger partial charge in [0, 0.05) is 53.1 Å². The smallest absolute Gasteiger partial charge is 0.201 e. The minimum absolute atomic E-state index is 1.23. The van der Waals surface area contributed by atoms with E-state index in [0.29, 0.717) is 0 Å². The van der Waals surface area contributed by atoms with Crippen molar-refractivity contribution in [1.82, 2.24) is 0 Å². The SMILES string of the molecule is CC.CC.CC.CC.CC.CC.Cc1ccc(-c2ccc(-c3ccccc3)cc2)cc1-c1cccc[n+]1C.Cc1ccc(-c2ccccc2)cc1-c1cccc[n+]1C.Cc1ccccc1-c1cccc[n+]1C. The highest BCUT2D eigenvalue weighted by atomic mass is 14.9. The van der Waals surface area contributed by atoms with Gasteiger partial charge in [0.1, 0.15) is 21.1 Å². The van der Waals surface area contributed by atoms with E-state index in [1.165, 1.54) is 83.8 Å². The van der Waals surface area contributed by atoms with E-state index >= 15 is 0 Å². The van der Waals surface area contributed by atoms with E-state index in [9.17, 15) is 0 Å². The second-order valence-electron chi connectivity index (χ2n) is 15.3. The Morgan fingerprint density at radius 3 is 0.819 bits per heavy atom. The Morgan fingerprint density at radius 2 is 0.472 bits per heavy atom. The minimum Gasteiger partial charge on any atom is -0.201 e. The van der Waals surface area contributed by atoms with Gasteiger partial charge in [0.15, 0.2) is 18.6 Å². The topological polar surface area (TPSA) is 11.6 Å². The fourth-order valence-electron chi connectivity index (χ4n) is 7.54. The zero-order valence-corrected chi connectivity index (χ0v) is 47.6. The molecule has 72 heavy (non-hydrogen) atoms. The highest BCUT2D eigenvalue weighted by Crippen LogP contribution is 2.30. The molecule has 0 aliphatic heterocycles. The first-order valence-corrected chi connectivity index (χ1v) is 26.6. The predicted octanol–water partition coefficient (Wildman–Crippen LogP) is 18.6. The van der Waals surface area contributed by atoms with Crippen LogP contribution < -0.4 is 13.7 Å². The third-order valence-electron chi connectivity index (χ3n) is 11.0. The van der Waals surface area contributed by atoms with Crippen LogP contribution in [0.15, 0.2) is 219 Å². The first kappa shape index (κ1) is 62.8. The van der Waals surface area contributed by atoms with Gasteiger partial charge in [-0.2, -0.15) is 0 Å². The van der Waals surface area contributed by atoms with E-state index in [2.05, 4.69) is 268 Å². The molecule has 0 bridgehead atoms. The predicted molar refractivity (Wildman–Crippen MR) is 318 cm³/mol. The van der Waals surface area contributed by atoms with Gasteiger partial charge in [-0.1, -0.05) is 210 Å². The van der Waals surface area contributed by atoms with Crippen LogP contribution in [0.4, 0.5) is 0 Å². The molecular weight excluding hydrogens is 871 g/mol. The van der Waals surface area contributed by atoms with Crippen molar-refractivity contribution in [3.05, 3.63) is 235 Å². The lowest BCUT2D eigenvalue weighted by Gasteiger charge is -2.09. The van der Waals surface area contributed by atoms with Crippen molar-refractivity contribution < 1.29 is 13.7 Å². The molecule has 0 unspecified atom stereocenters. The Labute approximate surface area is 439 Å². The molecule has 3 aromatic heterocycles. The maximum atomic E-state index is 2.29. The first-order chi connectivity index (χ1) is 35.3. The zero-order valence-electron chi connectivity index (χ0n) is 47.6. The molecule has 0 aliphatic carbocycles. The molecule has 3 nitrogen and oxygen atoms in total. The van der Waals surface area contributed by atoms with Gasteiger partial charge in [0.05, 0.1) is 0 Å². The van der Waals surface area contributed by atoms with Gasteiger partial charge in [-0.05, 0) is 107 Å². The second kappa shape index (κ2) is 36.7. The number of nitrogens with zero attached hydrogens (tertiary/aromatic N) is 3. The normalized spacial score (nSPS) is 9.25. The van der Waals surface area contributed by atoms with Crippen molar-refractivity contribution >= 4 is 0 Å². The van der Waals surface area contributed by atoms with Gasteiger partial charge in [0.25, 0.3) is 0 Å². The van der Waals surface area contributed by atoms with Crippen molar-refractivity contribution in [1.29, 1.82) is 0 Å². The van der Waals surface area contributed by atoms with Crippen molar-refractivity contribution in [2.24, 2.45) is 21.1 Å². The van der Waals surface area contributed by atoms with Crippen LogP contribution in [0.1, 0.15) is 99.8 Å². The molecule has 0 amide bonds. The monoisotopic (exact) mass is 961 g/mol. The first-order valence-electron chi connectivity index (χ1n) is 26.6. The highest BCUT2D eigenvalue weighted by molar-refractivity contribution is 5.75. The molecule has 0 fully saturated rings. The Hall–Kier alpha value is -7.23. The van der Waals surface area contributed by atoms with E-state index < -0.39 is 0 Å². The molecule has 0 spiro atoms. The summed E-state index contributed by atoms with van der Waals surface area (Å²) >= 11 is 0. The van der Waals surface area contributed by atoms with Crippen molar-refractivity contribution in [3.63, 3.8) is 0 Å². The zero-order chi connectivity index (χ0) is 53.8. The Balaban J connectivity index is 0.000000503. The van der Waals surface area contributed by atoms with E-state index in [-0.39, 0.29) is 0 Å². The van der Waals surface area contributed by atoms with Crippen LogP contribution in [0.25, 0.3) is 67.2 Å². The van der Waals surface area contributed by atoms with Crippen LogP contribution in [0.2, 0.25) is 0 Å². The van der Waals surface area contributed by atoms with Crippen LogP contribution in [0.3, 0.4) is 0 Å². The van der Waals surface area contributed by atoms with Gasteiger partial charge in [-0.25, -0.2) is 13.7 Å². The summed E-state index contributed by atoms with van der Waals surface area (Å²) in [6.07, 6.45) is 6.25. The van der Waals surface area contributed by atoms with Gasteiger partial charge >= 0.3 is 0 Å².